The van der Waals surface area contributed by atoms with E-state index in [0.29, 0.717) is 0 Å². The summed E-state index contributed by atoms with van der Waals surface area (Å²) in [4.78, 5) is 0. The average molecular weight is 244 g/mol. The van der Waals surface area contributed by atoms with Crippen molar-refractivity contribution in [2.24, 2.45) is 0 Å². The fourth-order valence-corrected chi connectivity index (χ4v) is 2.19. The number of aryl methyl sites for hydroxylation is 1. The number of hydrogen-bond acceptors (Lipinski definition) is 1. The molecule has 0 unspecified atom stereocenters. The minimum atomic E-state index is 0.723. The molecule has 0 aromatic heterocycles. The first-order chi connectivity index (χ1) is 8.61. The summed E-state index contributed by atoms with van der Waals surface area (Å²) >= 11 is 0. The van der Waals surface area contributed by atoms with Gasteiger partial charge in [-0.15, -0.1) is 11.8 Å². The molecule has 0 atom stereocenters. The highest BCUT2D eigenvalue weighted by molar-refractivity contribution is 5.48. The molecule has 1 nitrogen and oxygen atoms in total. The van der Waals surface area contributed by atoms with Crippen molar-refractivity contribution in [3.05, 3.63) is 28.3 Å². The Morgan fingerprint density at radius 3 is 2.39 bits per heavy atom. The van der Waals surface area contributed by atoms with E-state index in [1.54, 1.807) is 0 Å². The van der Waals surface area contributed by atoms with E-state index in [1.165, 1.54) is 22.3 Å². The van der Waals surface area contributed by atoms with Gasteiger partial charge in [-0.1, -0.05) is 6.92 Å². The Hall–Kier alpha value is -1.42. The summed E-state index contributed by atoms with van der Waals surface area (Å²) in [6.07, 6.45) is 2.93. The van der Waals surface area contributed by atoms with Crippen LogP contribution in [0.5, 0.6) is 5.75 Å². The Bertz CT molecular complexity index is 461. The zero-order valence-corrected chi connectivity index (χ0v) is 12.3. The predicted molar refractivity (Wildman–Crippen MR) is 78.2 cm³/mol. The van der Waals surface area contributed by atoms with Crippen molar-refractivity contribution in [1.82, 2.24) is 0 Å². The Kier molecular flexibility index (Phi) is 5.78. The zero-order chi connectivity index (χ0) is 13.5. The smallest absolute Gasteiger partial charge is 0.122 e. The molecule has 0 aliphatic rings. The highest BCUT2D eigenvalue weighted by Gasteiger charge is 2.10. The molecular formula is C17H24O. The Morgan fingerprint density at radius 2 is 1.78 bits per heavy atom. The van der Waals surface area contributed by atoms with Crippen LogP contribution >= 0.6 is 0 Å². The van der Waals surface area contributed by atoms with Crippen LogP contribution in [0.1, 0.15) is 48.9 Å². The second kappa shape index (κ2) is 7.11. The van der Waals surface area contributed by atoms with Crippen LogP contribution in [0.15, 0.2) is 6.07 Å². The quantitative estimate of drug-likeness (QED) is 0.715. The summed E-state index contributed by atoms with van der Waals surface area (Å²) in [5, 5.41) is 0. The molecule has 0 fully saturated rings. The minimum absolute atomic E-state index is 0.723. The van der Waals surface area contributed by atoms with E-state index in [-0.39, 0.29) is 0 Å². The van der Waals surface area contributed by atoms with Crippen molar-refractivity contribution < 1.29 is 4.74 Å². The normalized spacial score (nSPS) is 9.83. The molecule has 0 aliphatic heterocycles. The lowest BCUT2D eigenvalue weighted by Crippen LogP contribution is -2.01. The highest BCUT2D eigenvalue weighted by atomic mass is 16.5. The van der Waals surface area contributed by atoms with Gasteiger partial charge in [-0.2, -0.15) is 0 Å². The van der Waals surface area contributed by atoms with Crippen LogP contribution in [0.25, 0.3) is 0 Å². The summed E-state index contributed by atoms with van der Waals surface area (Å²) in [6.45, 7) is 11.3. The first-order valence-corrected chi connectivity index (χ1v) is 6.80. The molecule has 1 rings (SSSR count). The van der Waals surface area contributed by atoms with Gasteiger partial charge in [0.1, 0.15) is 5.75 Å². The second-order valence-electron chi connectivity index (χ2n) is 4.56. The van der Waals surface area contributed by atoms with E-state index >= 15 is 0 Å². The predicted octanol–water partition coefficient (Wildman–Crippen LogP) is 4.36. The van der Waals surface area contributed by atoms with E-state index in [4.69, 9.17) is 4.74 Å². The van der Waals surface area contributed by atoms with E-state index < -0.39 is 0 Å². The Morgan fingerprint density at radius 1 is 1.06 bits per heavy atom. The van der Waals surface area contributed by atoms with Gasteiger partial charge in [-0.3, -0.25) is 0 Å². The van der Waals surface area contributed by atoms with Crippen molar-refractivity contribution in [3.63, 3.8) is 0 Å². The monoisotopic (exact) mass is 244 g/mol. The molecule has 0 N–H and O–H groups in total. The topological polar surface area (TPSA) is 9.23 Å². The Labute approximate surface area is 112 Å². The molecule has 1 aromatic carbocycles. The van der Waals surface area contributed by atoms with Crippen LogP contribution in [-0.4, -0.2) is 6.61 Å². The largest absolute Gasteiger partial charge is 0.494 e. The summed E-state index contributed by atoms with van der Waals surface area (Å²) in [5.74, 6) is 7.37. The molecule has 0 bridgehead atoms. The standard InChI is InChI=1S/C17H24O/c1-6-8-9-10-11-16-13(3)12-17(18-7-2)15(5)14(16)4/h12H,6-7,10-11H2,1-5H3. The summed E-state index contributed by atoms with van der Waals surface area (Å²) in [6, 6.07) is 2.16. The SMILES string of the molecule is CCC#CCCc1c(C)cc(OCC)c(C)c1C. The van der Waals surface area contributed by atoms with E-state index in [2.05, 4.69) is 45.6 Å². The molecule has 18 heavy (non-hydrogen) atoms. The number of benzene rings is 1. The molecule has 98 valence electrons. The fraction of sp³-hybridized carbons (Fsp3) is 0.529. The third-order valence-electron chi connectivity index (χ3n) is 3.31. The molecular weight excluding hydrogens is 220 g/mol. The second-order valence-corrected chi connectivity index (χ2v) is 4.56. The van der Waals surface area contributed by atoms with Gasteiger partial charge in [0, 0.05) is 12.8 Å². The third-order valence-corrected chi connectivity index (χ3v) is 3.31. The summed E-state index contributed by atoms with van der Waals surface area (Å²) in [7, 11) is 0. The van der Waals surface area contributed by atoms with Crippen LogP contribution < -0.4 is 4.74 Å². The van der Waals surface area contributed by atoms with Crippen molar-refractivity contribution in [3.8, 4) is 17.6 Å². The maximum absolute atomic E-state index is 5.67. The molecule has 0 saturated heterocycles. The number of rotatable bonds is 4. The molecule has 1 heteroatoms. The van der Waals surface area contributed by atoms with Crippen LogP contribution in [0.4, 0.5) is 0 Å². The molecule has 0 aliphatic carbocycles. The number of ether oxygens (including phenoxy) is 1. The zero-order valence-electron chi connectivity index (χ0n) is 12.3. The first-order valence-electron chi connectivity index (χ1n) is 6.80. The lowest BCUT2D eigenvalue weighted by molar-refractivity contribution is 0.337. The van der Waals surface area contributed by atoms with Gasteiger partial charge in [0.15, 0.2) is 0 Å². The molecule has 0 saturated carbocycles. The third kappa shape index (κ3) is 3.53. The molecule has 1 aromatic rings. The number of hydrogen-bond donors (Lipinski definition) is 0. The molecule has 0 amide bonds. The van der Waals surface area contributed by atoms with E-state index in [0.717, 1.165) is 31.6 Å². The van der Waals surface area contributed by atoms with Crippen molar-refractivity contribution in [1.29, 1.82) is 0 Å². The van der Waals surface area contributed by atoms with Gasteiger partial charge in [0.25, 0.3) is 0 Å². The first kappa shape index (κ1) is 14.6. The van der Waals surface area contributed by atoms with Gasteiger partial charge in [0.05, 0.1) is 6.61 Å². The van der Waals surface area contributed by atoms with Gasteiger partial charge in [-0.05, 0) is 62.4 Å². The maximum atomic E-state index is 5.67. The van der Waals surface area contributed by atoms with Crippen LogP contribution in [0.3, 0.4) is 0 Å². The summed E-state index contributed by atoms with van der Waals surface area (Å²) < 4.78 is 5.67. The van der Waals surface area contributed by atoms with Gasteiger partial charge < -0.3 is 4.74 Å². The van der Waals surface area contributed by atoms with Crippen LogP contribution in [0.2, 0.25) is 0 Å². The van der Waals surface area contributed by atoms with E-state index in [1.807, 2.05) is 6.92 Å². The van der Waals surface area contributed by atoms with Crippen molar-refractivity contribution in [2.75, 3.05) is 6.61 Å². The lowest BCUT2D eigenvalue weighted by Gasteiger charge is -2.16. The van der Waals surface area contributed by atoms with Crippen molar-refractivity contribution in [2.45, 2.75) is 53.9 Å². The summed E-state index contributed by atoms with van der Waals surface area (Å²) in [5.41, 5.74) is 5.37. The highest BCUT2D eigenvalue weighted by Crippen LogP contribution is 2.28. The fourth-order valence-electron chi connectivity index (χ4n) is 2.19. The molecule has 0 heterocycles. The minimum Gasteiger partial charge on any atom is -0.494 e. The lowest BCUT2D eigenvalue weighted by atomic mass is 9.94. The van der Waals surface area contributed by atoms with Gasteiger partial charge in [0.2, 0.25) is 0 Å². The van der Waals surface area contributed by atoms with Crippen LogP contribution in [-0.2, 0) is 6.42 Å². The Balaban J connectivity index is 2.95. The average Bonchev–Trinajstić information content (AvgIpc) is 2.35. The molecule has 0 radical (unpaired) electrons. The van der Waals surface area contributed by atoms with Gasteiger partial charge in [-0.25, -0.2) is 0 Å². The van der Waals surface area contributed by atoms with Gasteiger partial charge >= 0.3 is 0 Å². The van der Waals surface area contributed by atoms with Crippen LogP contribution in [0, 0.1) is 32.6 Å². The maximum Gasteiger partial charge on any atom is 0.122 e. The molecule has 0 spiro atoms. The van der Waals surface area contributed by atoms with Crippen molar-refractivity contribution >= 4 is 0 Å². The van der Waals surface area contributed by atoms with E-state index in [9.17, 15) is 0 Å².